The highest BCUT2D eigenvalue weighted by molar-refractivity contribution is 7.93. The maximum Gasteiger partial charge on any atom is 0.333 e. The summed E-state index contributed by atoms with van der Waals surface area (Å²) in [6.45, 7) is 14.6. The zero-order chi connectivity index (χ0) is 35.7. The molecule has 49 heavy (non-hydrogen) atoms. The van der Waals surface area contributed by atoms with Gasteiger partial charge in [0.25, 0.3) is 9.84 Å². The number of allylic oxidation sites excluding steroid dienone is 8. The smallest absolute Gasteiger partial charge is 0.293 e. The molecular weight excluding hydrogens is 619 g/mol. The lowest BCUT2D eigenvalue weighted by Crippen LogP contribution is -2.35. The minimum absolute atomic E-state index is 0.300. The maximum absolute atomic E-state index is 13.9. The highest BCUT2D eigenvalue weighted by Gasteiger charge is 2.50. The van der Waals surface area contributed by atoms with Gasteiger partial charge in [-0.05, 0) is 96.1 Å². The summed E-state index contributed by atoms with van der Waals surface area (Å²) in [5.74, 6) is 0. The molecule has 0 bridgehead atoms. The fourth-order valence-electron chi connectivity index (χ4n) is 6.28. The van der Waals surface area contributed by atoms with Crippen LogP contribution in [0.2, 0.25) is 0 Å². The molecule has 0 spiro atoms. The third-order valence-corrected chi connectivity index (χ3v) is 12.0. The molecular formula is C45H73NO2S. The van der Waals surface area contributed by atoms with Gasteiger partial charge in [-0.3, -0.25) is 4.85 Å². The van der Waals surface area contributed by atoms with E-state index < -0.39 is 14.7 Å². The van der Waals surface area contributed by atoms with Crippen LogP contribution in [0.15, 0.2) is 77.8 Å². The van der Waals surface area contributed by atoms with Gasteiger partial charge in [0, 0.05) is 12.8 Å². The number of aryl methyl sites for hydroxylation is 1. The second-order valence-corrected chi connectivity index (χ2v) is 16.3. The van der Waals surface area contributed by atoms with E-state index in [0.717, 1.165) is 69.8 Å². The Morgan fingerprint density at radius 3 is 1.24 bits per heavy atom. The molecule has 3 nitrogen and oxygen atoms in total. The predicted octanol–water partition coefficient (Wildman–Crippen LogP) is 14.8. The lowest BCUT2D eigenvalue weighted by molar-refractivity contribution is 0.459. The van der Waals surface area contributed by atoms with Gasteiger partial charge in [-0.1, -0.05) is 157 Å². The number of hydrogen-bond donors (Lipinski definition) is 0. The van der Waals surface area contributed by atoms with Crippen LogP contribution in [0.4, 0.5) is 0 Å². The molecule has 0 heterocycles. The zero-order valence-electron chi connectivity index (χ0n) is 32.0. The summed E-state index contributed by atoms with van der Waals surface area (Å²) in [6.07, 6.45) is 46.7. The summed E-state index contributed by atoms with van der Waals surface area (Å²) in [4.78, 5) is 2.89. The van der Waals surface area contributed by atoms with Crippen molar-refractivity contribution in [3.63, 3.8) is 0 Å². The van der Waals surface area contributed by atoms with Crippen molar-refractivity contribution in [1.29, 1.82) is 0 Å². The van der Waals surface area contributed by atoms with Crippen LogP contribution in [-0.2, 0) is 9.84 Å². The summed E-state index contributed by atoms with van der Waals surface area (Å²) in [5.41, 5.74) is 1.03. The van der Waals surface area contributed by atoms with E-state index in [1.54, 1.807) is 12.1 Å². The van der Waals surface area contributed by atoms with Crippen LogP contribution in [0.5, 0.6) is 0 Å². The van der Waals surface area contributed by atoms with Crippen molar-refractivity contribution >= 4 is 9.84 Å². The quantitative estimate of drug-likeness (QED) is 0.0428. The molecule has 1 rings (SSSR count). The van der Waals surface area contributed by atoms with Crippen molar-refractivity contribution in [1.82, 2.24) is 0 Å². The topological polar surface area (TPSA) is 38.5 Å². The number of benzene rings is 1. The Labute approximate surface area is 304 Å². The first-order chi connectivity index (χ1) is 23.9. The van der Waals surface area contributed by atoms with Gasteiger partial charge in [0.05, 0.1) is 4.90 Å². The van der Waals surface area contributed by atoms with Crippen molar-refractivity contribution in [3.05, 3.63) is 89.9 Å². The monoisotopic (exact) mass is 692 g/mol. The number of nitrogens with zero attached hydrogens (tertiary/aromatic N) is 1. The van der Waals surface area contributed by atoms with Gasteiger partial charge < -0.3 is 0 Å². The molecule has 0 atom stereocenters. The van der Waals surface area contributed by atoms with E-state index in [0.29, 0.717) is 17.7 Å². The van der Waals surface area contributed by atoms with Crippen LogP contribution >= 0.6 is 0 Å². The molecule has 1 aromatic rings. The Morgan fingerprint density at radius 1 is 0.531 bits per heavy atom. The van der Waals surface area contributed by atoms with Crippen LogP contribution in [-0.4, -0.2) is 13.3 Å². The SMILES string of the molecule is [C-]#[N+]C(CCCCCCCC/C=C\C/C=C\CCCCC)(CCCCCCCC/C=C\C/C=C\CCCCC)S(=O)(=O)c1ccc(C)cc1. The predicted molar refractivity (Wildman–Crippen MR) is 216 cm³/mol. The average molecular weight is 692 g/mol. The first kappa shape index (κ1) is 44.6. The molecule has 276 valence electrons. The van der Waals surface area contributed by atoms with Gasteiger partial charge in [0.1, 0.15) is 0 Å². The van der Waals surface area contributed by atoms with Gasteiger partial charge in [0.15, 0.2) is 0 Å². The standard InChI is InChI=1S/C45H73NO2S/c1-5-7-9-11-13-15-17-19-21-23-25-27-29-31-33-35-41-45(46-4,49(47,48)44-39-37-43(3)38-40-44)42-36-34-32-30-28-26-24-22-20-18-16-14-12-10-8-6-2/h13-16,19-22,37-40H,5-12,17-18,23-36,41-42H2,1-3H3/b15-13-,16-14-,21-19-,22-20-. The van der Waals surface area contributed by atoms with Crippen LogP contribution in [0.3, 0.4) is 0 Å². The molecule has 0 aliphatic rings. The Hall–Kier alpha value is -2.38. The summed E-state index contributed by atoms with van der Waals surface area (Å²) in [7, 11) is -3.75. The zero-order valence-corrected chi connectivity index (χ0v) is 32.8. The van der Waals surface area contributed by atoms with E-state index in [1.807, 2.05) is 19.1 Å². The molecule has 0 aliphatic carbocycles. The minimum atomic E-state index is -3.75. The normalized spacial score (nSPS) is 12.7. The first-order valence-electron chi connectivity index (χ1n) is 20.2. The lowest BCUT2D eigenvalue weighted by Gasteiger charge is -2.23. The van der Waals surface area contributed by atoms with Crippen LogP contribution in [0.1, 0.15) is 186 Å². The molecule has 0 saturated carbocycles. The third-order valence-electron chi connectivity index (χ3n) is 9.57. The number of hydrogen-bond acceptors (Lipinski definition) is 2. The molecule has 0 radical (unpaired) electrons. The summed E-state index contributed by atoms with van der Waals surface area (Å²) >= 11 is 0. The second-order valence-electron chi connectivity index (χ2n) is 14.0. The van der Waals surface area contributed by atoms with Crippen molar-refractivity contribution < 1.29 is 8.42 Å². The van der Waals surface area contributed by atoms with Crippen molar-refractivity contribution in [2.75, 3.05) is 0 Å². The first-order valence-corrected chi connectivity index (χ1v) is 21.7. The summed E-state index contributed by atoms with van der Waals surface area (Å²) in [5, 5.41) is 0. The number of unbranched alkanes of at least 4 members (excludes halogenated alkanes) is 18. The average Bonchev–Trinajstić information content (AvgIpc) is 3.10. The fraction of sp³-hybridized carbons (Fsp3) is 0.667. The third kappa shape index (κ3) is 21.4. The van der Waals surface area contributed by atoms with Crippen LogP contribution in [0, 0.1) is 13.5 Å². The Balaban J connectivity index is 2.42. The van der Waals surface area contributed by atoms with Gasteiger partial charge in [-0.25, -0.2) is 15.0 Å². The van der Waals surface area contributed by atoms with Gasteiger partial charge in [-0.15, -0.1) is 0 Å². The highest BCUT2D eigenvalue weighted by atomic mass is 32.2. The molecule has 1 aromatic carbocycles. The largest absolute Gasteiger partial charge is 0.333 e. The van der Waals surface area contributed by atoms with Gasteiger partial charge in [0.2, 0.25) is 0 Å². The highest BCUT2D eigenvalue weighted by Crippen LogP contribution is 2.37. The van der Waals surface area contributed by atoms with Crippen molar-refractivity contribution in [2.45, 2.75) is 197 Å². The minimum Gasteiger partial charge on any atom is -0.293 e. The van der Waals surface area contributed by atoms with Gasteiger partial charge >= 0.3 is 4.87 Å². The van der Waals surface area contributed by atoms with E-state index in [-0.39, 0.29) is 0 Å². The Morgan fingerprint density at radius 2 is 0.878 bits per heavy atom. The van der Waals surface area contributed by atoms with E-state index in [2.05, 4.69) is 67.3 Å². The van der Waals surface area contributed by atoms with E-state index in [9.17, 15) is 8.42 Å². The van der Waals surface area contributed by atoms with Crippen molar-refractivity contribution in [2.24, 2.45) is 0 Å². The molecule has 0 fully saturated rings. The lowest BCUT2D eigenvalue weighted by atomic mass is 9.99. The van der Waals surface area contributed by atoms with Crippen molar-refractivity contribution in [3.8, 4) is 0 Å². The summed E-state index contributed by atoms with van der Waals surface area (Å²) < 4.78 is 27.9. The summed E-state index contributed by atoms with van der Waals surface area (Å²) in [6, 6.07) is 7.09. The Kier molecular flexibility index (Phi) is 27.7. The Bertz CT molecular complexity index is 1140. The fourth-order valence-corrected chi connectivity index (χ4v) is 8.16. The number of sulfone groups is 1. The van der Waals surface area contributed by atoms with Crippen LogP contribution < -0.4 is 0 Å². The van der Waals surface area contributed by atoms with Gasteiger partial charge in [-0.2, -0.15) is 0 Å². The molecule has 0 unspecified atom stereocenters. The molecule has 0 aliphatic heterocycles. The maximum atomic E-state index is 13.9. The van der Waals surface area contributed by atoms with E-state index in [1.165, 1.54) is 89.9 Å². The van der Waals surface area contributed by atoms with E-state index >= 15 is 0 Å². The van der Waals surface area contributed by atoms with E-state index in [4.69, 9.17) is 6.57 Å². The molecule has 0 N–H and O–H groups in total. The molecule has 0 aromatic heterocycles. The van der Waals surface area contributed by atoms with Crippen LogP contribution in [0.25, 0.3) is 4.85 Å². The molecule has 4 heteroatoms. The molecule has 0 amide bonds. The number of rotatable bonds is 32. The second kappa shape index (κ2) is 30.4. The molecule has 0 saturated heterocycles.